The molecule has 1 N–H and O–H groups in total. The lowest BCUT2D eigenvalue weighted by molar-refractivity contribution is -0.132. The van der Waals surface area contributed by atoms with Gasteiger partial charge in [-0.1, -0.05) is 41.7 Å². The summed E-state index contributed by atoms with van der Waals surface area (Å²) in [4.78, 5) is 42.9. The summed E-state index contributed by atoms with van der Waals surface area (Å²) in [5.74, 6) is -0.0742. The molecule has 2 amide bonds. The van der Waals surface area contributed by atoms with Gasteiger partial charge in [0, 0.05) is 36.2 Å². The minimum atomic E-state index is -0.566. The Morgan fingerprint density at radius 1 is 1.23 bits per heavy atom. The molecule has 0 unspecified atom stereocenters. The summed E-state index contributed by atoms with van der Waals surface area (Å²) in [5.41, 5.74) is 1.52. The fourth-order valence-corrected chi connectivity index (χ4v) is 3.76. The average Bonchev–Trinajstić information content (AvgIpc) is 3.07. The number of rotatable bonds is 5. The summed E-state index contributed by atoms with van der Waals surface area (Å²) in [7, 11) is 1.29. The summed E-state index contributed by atoms with van der Waals surface area (Å²) < 4.78 is 4.56. The Hall–Kier alpha value is -2.74. The van der Waals surface area contributed by atoms with Crippen LogP contribution in [0, 0.1) is 0 Å². The average molecular weight is 373 g/mol. The number of methoxy groups -OCH3 is 1. The fourth-order valence-electron chi connectivity index (χ4n) is 2.75. The first-order chi connectivity index (χ1) is 12.6. The number of amides is 2. The zero-order valence-corrected chi connectivity index (χ0v) is 15.2. The van der Waals surface area contributed by atoms with E-state index in [9.17, 15) is 14.4 Å². The van der Waals surface area contributed by atoms with Crippen molar-refractivity contribution in [3.8, 4) is 0 Å². The Bertz CT molecular complexity index is 819. The van der Waals surface area contributed by atoms with Crippen LogP contribution in [0.25, 0.3) is 0 Å². The van der Waals surface area contributed by atoms with Crippen LogP contribution in [0.4, 0.5) is 9.93 Å². The van der Waals surface area contributed by atoms with Gasteiger partial charge in [-0.3, -0.25) is 14.9 Å². The molecule has 2 aromatic rings. The van der Waals surface area contributed by atoms with Crippen LogP contribution in [0.2, 0.25) is 0 Å². The SMILES string of the molecule is COC(=O)Nc1nc2c(s1)CN(C(=O)CCC(=O)c1ccccc1)CC2. The van der Waals surface area contributed by atoms with Crippen molar-refractivity contribution in [2.45, 2.75) is 25.8 Å². The summed E-state index contributed by atoms with van der Waals surface area (Å²) in [5, 5.41) is 3.02. The number of carbonyl (C=O) groups is 3. The summed E-state index contributed by atoms with van der Waals surface area (Å²) in [6.07, 6.45) is 0.454. The molecule has 0 fully saturated rings. The molecule has 0 bridgehead atoms. The number of Topliss-reactive ketones (excluding diaryl/α,β-unsaturated/α-hetero) is 1. The predicted molar refractivity (Wildman–Crippen MR) is 97.3 cm³/mol. The van der Waals surface area contributed by atoms with Crippen molar-refractivity contribution in [2.24, 2.45) is 0 Å². The van der Waals surface area contributed by atoms with Crippen LogP contribution in [0.15, 0.2) is 30.3 Å². The minimum Gasteiger partial charge on any atom is -0.453 e. The number of benzene rings is 1. The van der Waals surface area contributed by atoms with Crippen LogP contribution in [-0.2, 0) is 22.5 Å². The quantitative estimate of drug-likeness (QED) is 0.814. The largest absolute Gasteiger partial charge is 0.453 e. The van der Waals surface area contributed by atoms with Crippen LogP contribution in [-0.4, -0.2) is 41.3 Å². The second-order valence-electron chi connectivity index (χ2n) is 5.86. The van der Waals surface area contributed by atoms with E-state index in [0.29, 0.717) is 30.2 Å². The van der Waals surface area contributed by atoms with Crippen LogP contribution in [0.1, 0.15) is 33.8 Å². The molecule has 3 rings (SSSR count). The number of aromatic nitrogens is 1. The van der Waals surface area contributed by atoms with Gasteiger partial charge in [0.2, 0.25) is 5.91 Å². The molecule has 26 heavy (non-hydrogen) atoms. The topological polar surface area (TPSA) is 88.6 Å². The molecule has 136 valence electrons. The summed E-state index contributed by atoms with van der Waals surface area (Å²) in [6, 6.07) is 8.99. The zero-order valence-electron chi connectivity index (χ0n) is 14.4. The highest BCUT2D eigenvalue weighted by Crippen LogP contribution is 2.28. The van der Waals surface area contributed by atoms with Gasteiger partial charge in [-0.25, -0.2) is 9.78 Å². The number of fused-ring (bicyclic) bond motifs is 1. The van der Waals surface area contributed by atoms with Gasteiger partial charge >= 0.3 is 6.09 Å². The molecule has 1 aromatic heterocycles. The lowest BCUT2D eigenvalue weighted by Gasteiger charge is -2.26. The van der Waals surface area contributed by atoms with Crippen LogP contribution in [0.3, 0.4) is 0 Å². The normalized spacial score (nSPS) is 13.0. The van der Waals surface area contributed by atoms with E-state index in [0.717, 1.165) is 10.6 Å². The number of nitrogens with zero attached hydrogens (tertiary/aromatic N) is 2. The van der Waals surface area contributed by atoms with Gasteiger partial charge in [-0.15, -0.1) is 0 Å². The van der Waals surface area contributed by atoms with E-state index < -0.39 is 6.09 Å². The molecule has 1 aliphatic rings. The monoisotopic (exact) mass is 373 g/mol. The molecule has 8 heteroatoms. The van der Waals surface area contributed by atoms with Gasteiger partial charge in [0.1, 0.15) is 0 Å². The van der Waals surface area contributed by atoms with Gasteiger partial charge in [0.15, 0.2) is 10.9 Å². The smallest absolute Gasteiger partial charge is 0.413 e. The first kappa shape index (κ1) is 18.1. The third kappa shape index (κ3) is 4.26. The van der Waals surface area contributed by atoms with E-state index in [1.807, 2.05) is 18.2 Å². The van der Waals surface area contributed by atoms with Gasteiger partial charge in [0.25, 0.3) is 0 Å². The second-order valence-corrected chi connectivity index (χ2v) is 6.94. The van der Waals surface area contributed by atoms with E-state index in [4.69, 9.17) is 0 Å². The van der Waals surface area contributed by atoms with Crippen LogP contribution < -0.4 is 5.32 Å². The van der Waals surface area contributed by atoms with Crippen molar-refractivity contribution in [3.63, 3.8) is 0 Å². The minimum absolute atomic E-state index is 0.0287. The molecule has 0 radical (unpaired) electrons. The number of anilines is 1. The number of carbonyl (C=O) groups excluding carboxylic acids is 3. The Morgan fingerprint density at radius 3 is 2.73 bits per heavy atom. The van der Waals surface area contributed by atoms with Crippen molar-refractivity contribution < 1.29 is 19.1 Å². The van der Waals surface area contributed by atoms with E-state index in [-0.39, 0.29) is 24.5 Å². The molecule has 7 nitrogen and oxygen atoms in total. The molecule has 0 atom stereocenters. The fraction of sp³-hybridized carbons (Fsp3) is 0.333. The third-order valence-electron chi connectivity index (χ3n) is 4.14. The lowest BCUT2D eigenvalue weighted by atomic mass is 10.1. The van der Waals surface area contributed by atoms with E-state index in [2.05, 4.69) is 15.0 Å². The summed E-state index contributed by atoms with van der Waals surface area (Å²) >= 11 is 1.34. The first-order valence-electron chi connectivity index (χ1n) is 8.26. The highest BCUT2D eigenvalue weighted by Gasteiger charge is 2.25. The van der Waals surface area contributed by atoms with Gasteiger partial charge in [0.05, 0.1) is 19.3 Å². The molecule has 0 aliphatic carbocycles. The predicted octanol–water partition coefficient (Wildman–Crippen LogP) is 2.87. The Balaban J connectivity index is 1.55. The number of hydrogen-bond donors (Lipinski definition) is 1. The third-order valence-corrected chi connectivity index (χ3v) is 5.14. The highest BCUT2D eigenvalue weighted by atomic mass is 32.1. The molecule has 1 aliphatic heterocycles. The maximum absolute atomic E-state index is 12.4. The zero-order chi connectivity index (χ0) is 18.5. The number of hydrogen-bond acceptors (Lipinski definition) is 6. The van der Waals surface area contributed by atoms with Crippen molar-refractivity contribution in [3.05, 3.63) is 46.5 Å². The van der Waals surface area contributed by atoms with E-state index in [1.165, 1.54) is 18.4 Å². The standard InChI is InChI=1S/C18H19N3O4S/c1-25-18(24)20-17-19-13-9-10-21(11-15(13)26-17)16(23)8-7-14(22)12-5-3-2-4-6-12/h2-6H,7-11H2,1H3,(H,19,20,24). The number of ether oxygens (including phenoxy) is 1. The van der Waals surface area contributed by atoms with Gasteiger partial charge in [-0.05, 0) is 0 Å². The van der Waals surface area contributed by atoms with Crippen LogP contribution >= 0.6 is 11.3 Å². The van der Waals surface area contributed by atoms with Crippen molar-refractivity contribution in [1.29, 1.82) is 0 Å². The van der Waals surface area contributed by atoms with Crippen molar-refractivity contribution in [2.75, 3.05) is 19.0 Å². The number of nitrogens with one attached hydrogen (secondary N) is 1. The molecule has 0 saturated carbocycles. The van der Waals surface area contributed by atoms with E-state index in [1.54, 1.807) is 17.0 Å². The maximum atomic E-state index is 12.4. The Labute approximate surface area is 155 Å². The second kappa shape index (κ2) is 8.09. The Morgan fingerprint density at radius 2 is 2.00 bits per heavy atom. The van der Waals surface area contributed by atoms with E-state index >= 15 is 0 Å². The molecular formula is C18H19N3O4S. The van der Waals surface area contributed by atoms with Crippen LogP contribution in [0.5, 0.6) is 0 Å². The molecule has 0 saturated heterocycles. The summed E-state index contributed by atoms with van der Waals surface area (Å²) in [6.45, 7) is 1.01. The number of ketones is 1. The maximum Gasteiger partial charge on any atom is 0.413 e. The molecule has 2 heterocycles. The van der Waals surface area contributed by atoms with Crippen molar-refractivity contribution >= 4 is 34.3 Å². The number of thiazole rings is 1. The highest BCUT2D eigenvalue weighted by molar-refractivity contribution is 7.15. The Kier molecular flexibility index (Phi) is 5.62. The molecule has 0 spiro atoms. The van der Waals surface area contributed by atoms with Crippen molar-refractivity contribution in [1.82, 2.24) is 9.88 Å². The van der Waals surface area contributed by atoms with Gasteiger partial charge in [-0.2, -0.15) is 0 Å². The molecular weight excluding hydrogens is 354 g/mol. The molecule has 1 aromatic carbocycles. The first-order valence-corrected chi connectivity index (χ1v) is 9.08. The van der Waals surface area contributed by atoms with Gasteiger partial charge < -0.3 is 9.64 Å². The lowest BCUT2D eigenvalue weighted by Crippen LogP contribution is -2.35.